The van der Waals surface area contributed by atoms with Crippen LogP contribution < -0.4 is 0 Å². The van der Waals surface area contributed by atoms with E-state index in [2.05, 4.69) is 10.1 Å². The van der Waals surface area contributed by atoms with Crippen molar-refractivity contribution in [2.24, 2.45) is 0 Å². The summed E-state index contributed by atoms with van der Waals surface area (Å²) >= 11 is 1.40. The first-order valence-electron chi connectivity index (χ1n) is 6.05. The van der Waals surface area contributed by atoms with Crippen molar-refractivity contribution in [2.75, 3.05) is 0 Å². The number of aromatic nitrogens is 3. The van der Waals surface area contributed by atoms with Gasteiger partial charge in [-0.3, -0.25) is 14.6 Å². The van der Waals surface area contributed by atoms with Gasteiger partial charge in [0.25, 0.3) is 0 Å². The summed E-state index contributed by atoms with van der Waals surface area (Å²) in [6, 6.07) is 3.63. The largest absolute Gasteiger partial charge is 0.294 e. The zero-order chi connectivity index (χ0) is 14.1. The lowest BCUT2D eigenvalue weighted by Crippen LogP contribution is -2.07. The van der Waals surface area contributed by atoms with Crippen LogP contribution in [0, 0.1) is 6.92 Å². The van der Waals surface area contributed by atoms with E-state index in [1.807, 2.05) is 13.0 Å². The Balaban J connectivity index is 1.84. The van der Waals surface area contributed by atoms with E-state index in [0.29, 0.717) is 16.0 Å². The number of fused-ring (bicyclic) bond motifs is 1. The molecule has 0 amide bonds. The average Bonchev–Trinajstić information content (AvgIpc) is 3.04. The monoisotopic (exact) mass is 285 g/mol. The maximum atomic E-state index is 12.2. The zero-order valence-corrected chi connectivity index (χ0v) is 11.6. The standard InChI is InChI=1S/C14H11N3O2S/c1-9-2-3-14(20-9)13(19)6-12(18)10-7-16-17-5-4-15-8-11(10)17/h2-5,7-8H,6H2,1H3. The van der Waals surface area contributed by atoms with Gasteiger partial charge in [-0.1, -0.05) is 0 Å². The highest BCUT2D eigenvalue weighted by Gasteiger charge is 2.18. The van der Waals surface area contributed by atoms with Crippen LogP contribution in [0.2, 0.25) is 0 Å². The molecule has 20 heavy (non-hydrogen) atoms. The molecule has 0 radical (unpaired) electrons. The summed E-state index contributed by atoms with van der Waals surface area (Å²) in [5, 5.41) is 4.07. The predicted octanol–water partition coefficient (Wildman–Crippen LogP) is 2.55. The van der Waals surface area contributed by atoms with Crippen LogP contribution in [0.1, 0.15) is 31.3 Å². The summed E-state index contributed by atoms with van der Waals surface area (Å²) in [6.07, 6.45) is 6.16. The van der Waals surface area contributed by atoms with Crippen molar-refractivity contribution in [1.29, 1.82) is 0 Å². The highest BCUT2D eigenvalue weighted by Crippen LogP contribution is 2.19. The lowest BCUT2D eigenvalue weighted by Gasteiger charge is -1.97. The molecule has 0 atom stereocenters. The van der Waals surface area contributed by atoms with Gasteiger partial charge in [-0.25, -0.2) is 4.52 Å². The fourth-order valence-electron chi connectivity index (χ4n) is 1.96. The molecule has 0 aliphatic rings. The molecule has 0 aromatic carbocycles. The summed E-state index contributed by atoms with van der Waals surface area (Å²) < 4.78 is 1.57. The van der Waals surface area contributed by atoms with Crippen LogP contribution in [-0.2, 0) is 0 Å². The molecule has 3 rings (SSSR count). The van der Waals surface area contributed by atoms with E-state index in [0.717, 1.165) is 4.88 Å². The first-order valence-corrected chi connectivity index (χ1v) is 6.87. The second-order valence-electron chi connectivity index (χ2n) is 4.40. The Bertz CT molecular complexity index is 803. The molecule has 0 saturated carbocycles. The molecule has 0 spiro atoms. The lowest BCUT2D eigenvalue weighted by atomic mass is 10.1. The second-order valence-corrected chi connectivity index (χ2v) is 5.69. The normalized spacial score (nSPS) is 10.8. The van der Waals surface area contributed by atoms with Crippen molar-refractivity contribution in [2.45, 2.75) is 13.3 Å². The topological polar surface area (TPSA) is 64.3 Å². The van der Waals surface area contributed by atoms with Gasteiger partial charge >= 0.3 is 0 Å². The molecule has 0 aliphatic carbocycles. The Kier molecular flexibility index (Phi) is 3.15. The molecular weight excluding hydrogens is 274 g/mol. The Morgan fingerprint density at radius 2 is 2.10 bits per heavy atom. The Hall–Kier alpha value is -2.34. The molecule has 3 aromatic rings. The van der Waals surface area contributed by atoms with Gasteiger partial charge in [-0.2, -0.15) is 5.10 Å². The molecule has 6 heteroatoms. The minimum absolute atomic E-state index is 0.143. The molecule has 3 aromatic heterocycles. The molecule has 0 aliphatic heterocycles. The maximum Gasteiger partial charge on any atom is 0.180 e. The van der Waals surface area contributed by atoms with E-state index >= 15 is 0 Å². The summed E-state index contributed by atoms with van der Waals surface area (Å²) in [7, 11) is 0. The highest BCUT2D eigenvalue weighted by molar-refractivity contribution is 7.14. The highest BCUT2D eigenvalue weighted by atomic mass is 32.1. The Morgan fingerprint density at radius 1 is 1.25 bits per heavy atom. The smallest absolute Gasteiger partial charge is 0.180 e. The SMILES string of the molecule is Cc1ccc(C(=O)CC(=O)c2cnn3ccncc23)s1. The van der Waals surface area contributed by atoms with Crippen molar-refractivity contribution in [3.8, 4) is 0 Å². The number of nitrogens with zero attached hydrogens (tertiary/aromatic N) is 3. The van der Waals surface area contributed by atoms with Crippen LogP contribution in [0.4, 0.5) is 0 Å². The van der Waals surface area contributed by atoms with Crippen LogP contribution in [-0.4, -0.2) is 26.2 Å². The molecule has 0 N–H and O–H groups in total. The van der Waals surface area contributed by atoms with Crippen molar-refractivity contribution in [1.82, 2.24) is 14.6 Å². The first kappa shape index (κ1) is 12.7. The summed E-state index contributed by atoms with van der Waals surface area (Å²) in [6.45, 7) is 1.93. The van der Waals surface area contributed by atoms with Crippen LogP contribution in [0.5, 0.6) is 0 Å². The van der Waals surface area contributed by atoms with Crippen molar-refractivity contribution >= 4 is 28.4 Å². The average molecular weight is 285 g/mol. The number of hydrogen-bond acceptors (Lipinski definition) is 5. The van der Waals surface area contributed by atoms with E-state index in [9.17, 15) is 9.59 Å². The maximum absolute atomic E-state index is 12.2. The molecule has 0 fully saturated rings. The third-order valence-electron chi connectivity index (χ3n) is 2.96. The molecule has 0 unspecified atom stereocenters. The van der Waals surface area contributed by atoms with Crippen molar-refractivity contribution in [3.05, 3.63) is 52.2 Å². The number of carbonyl (C=O) groups excluding carboxylic acids is 2. The Morgan fingerprint density at radius 3 is 2.85 bits per heavy atom. The van der Waals surface area contributed by atoms with Gasteiger partial charge in [0, 0.05) is 17.3 Å². The summed E-state index contributed by atoms with van der Waals surface area (Å²) in [5.41, 5.74) is 1.05. The fraction of sp³-hybridized carbons (Fsp3) is 0.143. The van der Waals surface area contributed by atoms with Gasteiger partial charge in [0.1, 0.15) is 0 Å². The minimum Gasteiger partial charge on any atom is -0.294 e. The number of aryl methyl sites for hydroxylation is 1. The number of thiophene rings is 1. The van der Waals surface area contributed by atoms with E-state index in [-0.39, 0.29) is 18.0 Å². The molecule has 5 nitrogen and oxygen atoms in total. The van der Waals surface area contributed by atoms with E-state index in [1.54, 1.807) is 29.2 Å². The first-order chi connectivity index (χ1) is 9.65. The van der Waals surface area contributed by atoms with E-state index < -0.39 is 0 Å². The van der Waals surface area contributed by atoms with Crippen molar-refractivity contribution < 1.29 is 9.59 Å². The van der Waals surface area contributed by atoms with Crippen LogP contribution in [0.25, 0.3) is 5.52 Å². The summed E-state index contributed by atoms with van der Waals surface area (Å²) in [4.78, 5) is 29.9. The number of carbonyl (C=O) groups is 2. The molecule has 3 heterocycles. The number of Topliss-reactive ketones (excluding diaryl/α,β-unsaturated/α-hetero) is 2. The van der Waals surface area contributed by atoms with Crippen molar-refractivity contribution in [3.63, 3.8) is 0 Å². The zero-order valence-electron chi connectivity index (χ0n) is 10.7. The quantitative estimate of drug-likeness (QED) is 0.546. The molecular formula is C14H11N3O2S. The van der Waals surface area contributed by atoms with Crippen LogP contribution in [0.15, 0.2) is 36.9 Å². The lowest BCUT2D eigenvalue weighted by molar-refractivity contribution is 0.0897. The summed E-state index contributed by atoms with van der Waals surface area (Å²) in [5.74, 6) is -0.389. The second kappa shape index (κ2) is 4.97. The van der Waals surface area contributed by atoms with Gasteiger partial charge in [0.2, 0.25) is 0 Å². The molecule has 0 bridgehead atoms. The minimum atomic E-state index is -0.232. The Labute approximate surface area is 118 Å². The third-order valence-corrected chi connectivity index (χ3v) is 4.00. The predicted molar refractivity (Wildman–Crippen MR) is 75.3 cm³/mol. The van der Waals surface area contributed by atoms with Gasteiger partial charge in [-0.05, 0) is 19.1 Å². The van der Waals surface area contributed by atoms with Gasteiger partial charge < -0.3 is 0 Å². The van der Waals surface area contributed by atoms with Gasteiger partial charge in [-0.15, -0.1) is 11.3 Å². The van der Waals surface area contributed by atoms with Gasteiger partial charge in [0.15, 0.2) is 11.6 Å². The number of hydrogen-bond donors (Lipinski definition) is 0. The van der Waals surface area contributed by atoms with E-state index in [1.165, 1.54) is 17.5 Å². The van der Waals surface area contributed by atoms with E-state index in [4.69, 9.17) is 0 Å². The van der Waals surface area contributed by atoms with Crippen LogP contribution in [0.3, 0.4) is 0 Å². The molecule has 100 valence electrons. The third kappa shape index (κ3) is 2.25. The number of ketones is 2. The van der Waals surface area contributed by atoms with Crippen LogP contribution >= 0.6 is 11.3 Å². The fourth-order valence-corrected chi connectivity index (χ4v) is 2.77. The van der Waals surface area contributed by atoms with Gasteiger partial charge in [0.05, 0.1) is 34.8 Å². The molecule has 0 saturated heterocycles. The number of rotatable bonds is 4.